The van der Waals surface area contributed by atoms with E-state index in [1.54, 1.807) is 12.1 Å². The third kappa shape index (κ3) is 4.15. The SMILES string of the molecule is CN(C)c1ccc([C@@H]2[C@@H](S(=O)(=O)NC[C@H]3CCCO3)CON2C)cc1. The number of hydroxylamine groups is 2. The Balaban J connectivity index is 1.74. The smallest absolute Gasteiger partial charge is 0.218 e. The highest BCUT2D eigenvalue weighted by Gasteiger charge is 2.43. The standard InChI is InChI=1S/C17H27N3O4S/c1-19(2)14-8-6-13(7-9-14)17-16(12-24-20(17)3)25(21,22)18-11-15-5-4-10-23-15/h6-9,15-18H,4-5,10-12H2,1-3H3/t15-,16+,17-/m1/s1. The van der Waals surface area contributed by atoms with Crippen LogP contribution in [0.2, 0.25) is 0 Å². The van der Waals surface area contributed by atoms with Crippen molar-refractivity contribution in [1.82, 2.24) is 9.79 Å². The van der Waals surface area contributed by atoms with Crippen LogP contribution in [0.3, 0.4) is 0 Å². The number of nitrogens with zero attached hydrogens (tertiary/aromatic N) is 2. The molecular formula is C17H27N3O4S. The molecule has 0 spiro atoms. The topological polar surface area (TPSA) is 71.1 Å². The Kier molecular flexibility index (Phi) is 5.65. The second kappa shape index (κ2) is 7.59. The van der Waals surface area contributed by atoms with E-state index < -0.39 is 15.3 Å². The molecule has 2 heterocycles. The van der Waals surface area contributed by atoms with E-state index in [4.69, 9.17) is 9.57 Å². The van der Waals surface area contributed by atoms with Crippen molar-refractivity contribution < 1.29 is 18.0 Å². The van der Waals surface area contributed by atoms with Gasteiger partial charge in [0.2, 0.25) is 10.0 Å². The molecule has 7 nitrogen and oxygen atoms in total. The summed E-state index contributed by atoms with van der Waals surface area (Å²) < 4.78 is 33.9. The minimum atomic E-state index is -3.51. The number of hydrogen-bond donors (Lipinski definition) is 1. The summed E-state index contributed by atoms with van der Waals surface area (Å²) in [4.78, 5) is 7.55. The van der Waals surface area contributed by atoms with Crippen LogP contribution in [-0.4, -0.2) is 65.7 Å². The van der Waals surface area contributed by atoms with Crippen LogP contribution in [0.4, 0.5) is 5.69 Å². The largest absolute Gasteiger partial charge is 0.378 e. The number of rotatable bonds is 6. The Labute approximate surface area is 149 Å². The Morgan fingerprint density at radius 3 is 2.60 bits per heavy atom. The number of hydrogen-bond acceptors (Lipinski definition) is 6. The van der Waals surface area contributed by atoms with Crippen LogP contribution in [0.5, 0.6) is 0 Å². The summed E-state index contributed by atoms with van der Waals surface area (Å²) in [6, 6.07) is 7.58. The lowest BCUT2D eigenvalue weighted by Gasteiger charge is -2.24. The van der Waals surface area contributed by atoms with Gasteiger partial charge in [-0.25, -0.2) is 13.1 Å². The van der Waals surface area contributed by atoms with Gasteiger partial charge in [-0.2, -0.15) is 5.06 Å². The molecule has 2 saturated heterocycles. The minimum Gasteiger partial charge on any atom is -0.378 e. The monoisotopic (exact) mass is 369 g/mol. The van der Waals surface area contributed by atoms with Crippen LogP contribution in [0.25, 0.3) is 0 Å². The molecule has 0 aliphatic carbocycles. The van der Waals surface area contributed by atoms with Gasteiger partial charge in [0.15, 0.2) is 0 Å². The van der Waals surface area contributed by atoms with Gasteiger partial charge in [0.05, 0.1) is 18.8 Å². The highest BCUT2D eigenvalue weighted by Crippen LogP contribution is 2.34. The molecule has 2 aliphatic rings. The Morgan fingerprint density at radius 2 is 2.00 bits per heavy atom. The molecule has 25 heavy (non-hydrogen) atoms. The summed E-state index contributed by atoms with van der Waals surface area (Å²) in [6.07, 6.45) is 1.87. The van der Waals surface area contributed by atoms with Gasteiger partial charge in [-0.1, -0.05) is 12.1 Å². The Hall–Kier alpha value is -1.19. The zero-order valence-corrected chi connectivity index (χ0v) is 15.8. The summed E-state index contributed by atoms with van der Waals surface area (Å²) in [5.74, 6) is 0. The maximum atomic E-state index is 12.8. The zero-order valence-electron chi connectivity index (χ0n) is 15.0. The molecule has 2 aliphatic heterocycles. The van der Waals surface area contributed by atoms with Crippen molar-refractivity contribution in [2.24, 2.45) is 0 Å². The van der Waals surface area contributed by atoms with Gasteiger partial charge in [-0.15, -0.1) is 0 Å². The van der Waals surface area contributed by atoms with Crippen molar-refractivity contribution in [3.05, 3.63) is 29.8 Å². The van der Waals surface area contributed by atoms with Crippen molar-refractivity contribution in [1.29, 1.82) is 0 Å². The molecular weight excluding hydrogens is 342 g/mol. The van der Waals surface area contributed by atoms with Crippen LogP contribution in [0, 0.1) is 0 Å². The Bertz CT molecular complexity index is 672. The minimum absolute atomic E-state index is 0.0207. The van der Waals surface area contributed by atoms with Crippen LogP contribution >= 0.6 is 0 Å². The first kappa shape index (κ1) is 18.6. The molecule has 140 valence electrons. The fraction of sp³-hybridized carbons (Fsp3) is 0.647. The molecule has 0 saturated carbocycles. The number of sulfonamides is 1. The molecule has 3 atom stereocenters. The average molecular weight is 369 g/mol. The predicted octanol–water partition coefficient (Wildman–Crippen LogP) is 1.14. The molecule has 8 heteroatoms. The average Bonchev–Trinajstić information content (AvgIpc) is 3.23. The highest BCUT2D eigenvalue weighted by molar-refractivity contribution is 7.90. The third-order valence-electron chi connectivity index (χ3n) is 4.87. The number of anilines is 1. The maximum absolute atomic E-state index is 12.8. The van der Waals surface area contributed by atoms with E-state index >= 15 is 0 Å². The molecule has 0 bridgehead atoms. The summed E-state index contributed by atoms with van der Waals surface area (Å²) in [5.41, 5.74) is 2.00. The fourth-order valence-corrected chi connectivity index (χ4v) is 4.91. The van der Waals surface area contributed by atoms with Crippen molar-refractivity contribution in [3.63, 3.8) is 0 Å². The molecule has 0 unspecified atom stereocenters. The molecule has 0 amide bonds. The van der Waals surface area contributed by atoms with Crippen LogP contribution < -0.4 is 9.62 Å². The van der Waals surface area contributed by atoms with Gasteiger partial charge in [-0.05, 0) is 30.5 Å². The molecule has 0 radical (unpaired) electrons. The number of ether oxygens (including phenoxy) is 1. The quantitative estimate of drug-likeness (QED) is 0.811. The zero-order chi connectivity index (χ0) is 18.0. The summed E-state index contributed by atoms with van der Waals surface area (Å²) >= 11 is 0. The summed E-state index contributed by atoms with van der Waals surface area (Å²) in [6.45, 7) is 1.19. The van der Waals surface area contributed by atoms with Crippen LogP contribution in [0.1, 0.15) is 24.4 Å². The lowest BCUT2D eigenvalue weighted by atomic mass is 10.0. The predicted molar refractivity (Wildman–Crippen MR) is 96.9 cm³/mol. The van der Waals surface area contributed by atoms with Gasteiger partial charge in [0.25, 0.3) is 0 Å². The molecule has 0 aromatic heterocycles. The van der Waals surface area contributed by atoms with E-state index in [9.17, 15) is 8.42 Å². The second-order valence-corrected chi connectivity index (χ2v) is 8.82. The van der Waals surface area contributed by atoms with E-state index in [1.165, 1.54) is 0 Å². The van der Waals surface area contributed by atoms with Crippen molar-refractivity contribution in [3.8, 4) is 0 Å². The maximum Gasteiger partial charge on any atom is 0.218 e. The second-order valence-electron chi connectivity index (χ2n) is 6.84. The molecule has 3 rings (SSSR count). The van der Waals surface area contributed by atoms with Gasteiger partial charge in [0.1, 0.15) is 5.25 Å². The van der Waals surface area contributed by atoms with E-state index in [-0.39, 0.29) is 18.8 Å². The summed E-state index contributed by atoms with van der Waals surface area (Å²) in [7, 11) is 2.22. The van der Waals surface area contributed by atoms with Gasteiger partial charge in [-0.3, -0.25) is 4.84 Å². The van der Waals surface area contributed by atoms with Gasteiger partial charge in [0, 0.05) is 40.0 Å². The van der Waals surface area contributed by atoms with Gasteiger partial charge < -0.3 is 9.64 Å². The van der Waals surface area contributed by atoms with Crippen molar-refractivity contribution in [2.45, 2.75) is 30.2 Å². The number of benzene rings is 1. The van der Waals surface area contributed by atoms with Crippen LogP contribution in [0.15, 0.2) is 24.3 Å². The first-order chi connectivity index (χ1) is 11.9. The van der Waals surface area contributed by atoms with E-state index in [2.05, 4.69) is 4.72 Å². The van der Waals surface area contributed by atoms with Crippen molar-refractivity contribution in [2.75, 3.05) is 45.8 Å². The Morgan fingerprint density at radius 1 is 1.28 bits per heavy atom. The molecule has 1 N–H and O–H groups in total. The number of nitrogens with one attached hydrogen (secondary N) is 1. The van der Waals surface area contributed by atoms with E-state index in [0.29, 0.717) is 13.2 Å². The first-order valence-electron chi connectivity index (χ1n) is 8.61. The van der Waals surface area contributed by atoms with Gasteiger partial charge >= 0.3 is 0 Å². The third-order valence-corrected chi connectivity index (χ3v) is 6.63. The normalized spacial score (nSPS) is 27.7. The molecule has 1 aromatic rings. The van der Waals surface area contributed by atoms with Crippen LogP contribution in [-0.2, 0) is 19.6 Å². The highest BCUT2D eigenvalue weighted by atomic mass is 32.2. The van der Waals surface area contributed by atoms with E-state index in [1.807, 2.05) is 43.3 Å². The molecule has 1 aromatic carbocycles. The van der Waals surface area contributed by atoms with E-state index in [0.717, 1.165) is 24.1 Å². The lowest BCUT2D eigenvalue weighted by molar-refractivity contribution is -0.110. The fourth-order valence-electron chi connectivity index (χ4n) is 3.37. The molecule has 2 fully saturated rings. The lowest BCUT2D eigenvalue weighted by Crippen LogP contribution is -2.42. The first-order valence-corrected chi connectivity index (χ1v) is 10.2. The summed E-state index contributed by atoms with van der Waals surface area (Å²) in [5, 5.41) is 0.991. The van der Waals surface area contributed by atoms with Crippen molar-refractivity contribution >= 4 is 15.7 Å².